The highest BCUT2D eigenvalue weighted by Crippen LogP contribution is 2.34. The number of hydrogen-bond donors (Lipinski definition) is 0. The zero-order valence-corrected chi connectivity index (χ0v) is 18.7. The topological polar surface area (TPSA) is 94.9 Å². The third-order valence-corrected chi connectivity index (χ3v) is 5.20. The SMILES string of the molecule is CCOC(=O)Cn1cc(/C=C2/SC(=O)N(CC(=O)OC(C)(C)C)C2=O)c2ccccc21. The van der Waals surface area contributed by atoms with Crippen LogP contribution in [0.1, 0.15) is 33.3 Å². The molecule has 1 aliphatic rings. The molecule has 2 heterocycles. The second-order valence-corrected chi connectivity index (χ2v) is 8.88. The van der Waals surface area contributed by atoms with Crippen LogP contribution in [-0.2, 0) is 30.4 Å². The Labute approximate surface area is 184 Å². The molecule has 9 heteroatoms. The van der Waals surface area contributed by atoms with Crippen LogP contribution in [0.4, 0.5) is 4.79 Å². The van der Waals surface area contributed by atoms with Gasteiger partial charge in [-0.05, 0) is 51.6 Å². The molecular formula is C22H24N2O6S. The maximum absolute atomic E-state index is 12.8. The molecule has 1 aromatic carbocycles. The van der Waals surface area contributed by atoms with Gasteiger partial charge in [0.25, 0.3) is 11.1 Å². The monoisotopic (exact) mass is 444 g/mol. The largest absolute Gasteiger partial charge is 0.465 e. The molecule has 0 bridgehead atoms. The van der Waals surface area contributed by atoms with Crippen LogP contribution in [0, 0.1) is 0 Å². The van der Waals surface area contributed by atoms with Crippen molar-refractivity contribution >= 4 is 51.8 Å². The van der Waals surface area contributed by atoms with Gasteiger partial charge in [0.15, 0.2) is 0 Å². The van der Waals surface area contributed by atoms with E-state index in [2.05, 4.69) is 0 Å². The number of benzene rings is 1. The summed E-state index contributed by atoms with van der Waals surface area (Å²) in [4.78, 5) is 50.2. The second kappa shape index (κ2) is 8.97. The molecule has 0 atom stereocenters. The van der Waals surface area contributed by atoms with Crippen LogP contribution in [0.15, 0.2) is 35.4 Å². The lowest BCUT2D eigenvalue weighted by Crippen LogP contribution is -2.37. The van der Waals surface area contributed by atoms with Crippen molar-refractivity contribution < 1.29 is 28.7 Å². The number of ether oxygens (including phenoxy) is 2. The molecule has 0 spiro atoms. The molecule has 0 radical (unpaired) electrons. The first-order valence-electron chi connectivity index (χ1n) is 9.79. The van der Waals surface area contributed by atoms with Gasteiger partial charge >= 0.3 is 11.9 Å². The first-order valence-corrected chi connectivity index (χ1v) is 10.6. The van der Waals surface area contributed by atoms with Gasteiger partial charge in [-0.1, -0.05) is 18.2 Å². The Bertz CT molecular complexity index is 1080. The van der Waals surface area contributed by atoms with E-state index >= 15 is 0 Å². The standard InChI is InChI=1S/C22H24N2O6S/c1-5-29-18(25)12-23-11-14(15-8-6-7-9-16(15)23)10-17-20(27)24(21(28)31-17)13-19(26)30-22(2,3)4/h6-11H,5,12-13H2,1-4H3/b17-10+. The number of thioether (sulfide) groups is 1. The minimum absolute atomic E-state index is 0.0301. The van der Waals surface area contributed by atoms with Crippen molar-refractivity contribution in [3.63, 3.8) is 0 Å². The van der Waals surface area contributed by atoms with Gasteiger partial charge in [-0.25, -0.2) is 0 Å². The van der Waals surface area contributed by atoms with E-state index in [4.69, 9.17) is 9.47 Å². The van der Waals surface area contributed by atoms with E-state index in [1.54, 1.807) is 44.5 Å². The Morgan fingerprint density at radius 3 is 2.48 bits per heavy atom. The van der Waals surface area contributed by atoms with Gasteiger partial charge in [-0.15, -0.1) is 0 Å². The van der Waals surface area contributed by atoms with Gasteiger partial charge in [0, 0.05) is 22.7 Å². The van der Waals surface area contributed by atoms with E-state index in [1.165, 1.54) is 0 Å². The average molecular weight is 445 g/mol. The maximum atomic E-state index is 12.8. The van der Waals surface area contributed by atoms with Crippen molar-refractivity contribution in [1.29, 1.82) is 0 Å². The van der Waals surface area contributed by atoms with E-state index in [0.29, 0.717) is 5.56 Å². The number of amides is 2. The molecule has 8 nitrogen and oxygen atoms in total. The van der Waals surface area contributed by atoms with Crippen molar-refractivity contribution in [2.45, 2.75) is 39.8 Å². The molecule has 0 aliphatic carbocycles. The minimum atomic E-state index is -0.713. The van der Waals surface area contributed by atoms with Crippen molar-refractivity contribution in [3.8, 4) is 0 Å². The third-order valence-electron chi connectivity index (χ3n) is 4.29. The summed E-state index contributed by atoms with van der Waals surface area (Å²) in [7, 11) is 0. The summed E-state index contributed by atoms with van der Waals surface area (Å²) in [5, 5.41) is 0.295. The van der Waals surface area contributed by atoms with Gasteiger partial charge in [0.2, 0.25) is 0 Å². The number of aromatic nitrogens is 1. The number of rotatable bonds is 6. The van der Waals surface area contributed by atoms with Crippen molar-refractivity contribution in [2.24, 2.45) is 0 Å². The van der Waals surface area contributed by atoms with Crippen LogP contribution in [0.3, 0.4) is 0 Å². The summed E-state index contributed by atoms with van der Waals surface area (Å²) < 4.78 is 12.0. The molecule has 0 N–H and O–H groups in total. The predicted octanol–water partition coefficient (Wildman–Crippen LogP) is 3.58. The van der Waals surface area contributed by atoms with E-state index in [9.17, 15) is 19.2 Å². The molecule has 1 saturated heterocycles. The van der Waals surface area contributed by atoms with Gasteiger partial charge in [0.1, 0.15) is 18.7 Å². The number of carbonyl (C=O) groups excluding carboxylic acids is 4. The Balaban J connectivity index is 1.86. The average Bonchev–Trinajstić information content (AvgIpc) is 3.13. The van der Waals surface area contributed by atoms with Crippen LogP contribution in [0.2, 0.25) is 0 Å². The maximum Gasteiger partial charge on any atom is 0.326 e. The van der Waals surface area contributed by atoms with Crippen molar-refractivity contribution in [3.05, 3.63) is 40.9 Å². The lowest BCUT2D eigenvalue weighted by molar-refractivity contribution is -0.156. The predicted molar refractivity (Wildman–Crippen MR) is 117 cm³/mol. The van der Waals surface area contributed by atoms with Gasteiger partial charge in [-0.2, -0.15) is 0 Å². The highest BCUT2D eigenvalue weighted by Gasteiger charge is 2.37. The molecule has 164 valence electrons. The molecule has 2 aromatic rings. The van der Waals surface area contributed by atoms with Gasteiger partial charge in [-0.3, -0.25) is 24.1 Å². The minimum Gasteiger partial charge on any atom is -0.465 e. The summed E-state index contributed by atoms with van der Waals surface area (Å²) in [5.41, 5.74) is 0.771. The first kappa shape index (κ1) is 22.6. The molecule has 31 heavy (non-hydrogen) atoms. The number of nitrogens with zero attached hydrogens (tertiary/aromatic N) is 2. The number of imide groups is 1. The molecule has 1 fully saturated rings. The molecule has 1 aromatic heterocycles. The zero-order chi connectivity index (χ0) is 22.8. The van der Waals surface area contributed by atoms with E-state index in [1.807, 2.05) is 24.3 Å². The molecule has 2 amide bonds. The number of para-hydroxylation sites is 1. The summed E-state index contributed by atoms with van der Waals surface area (Å²) in [6.45, 7) is 6.76. The fourth-order valence-electron chi connectivity index (χ4n) is 3.15. The lowest BCUT2D eigenvalue weighted by atomic mass is 10.1. The summed E-state index contributed by atoms with van der Waals surface area (Å²) >= 11 is 0.766. The fraction of sp³-hybridized carbons (Fsp3) is 0.364. The number of carbonyl (C=O) groups is 4. The van der Waals surface area contributed by atoms with Crippen molar-refractivity contribution in [2.75, 3.05) is 13.2 Å². The van der Waals surface area contributed by atoms with Crippen molar-refractivity contribution in [1.82, 2.24) is 9.47 Å². The lowest BCUT2D eigenvalue weighted by Gasteiger charge is -2.21. The van der Waals surface area contributed by atoms with Crippen LogP contribution in [-0.4, -0.2) is 51.3 Å². The summed E-state index contributed by atoms with van der Waals surface area (Å²) in [5.74, 6) is -1.57. The number of hydrogen-bond acceptors (Lipinski definition) is 7. The Hall–Kier alpha value is -3.07. The Kier molecular flexibility index (Phi) is 6.54. The normalized spacial score (nSPS) is 15.7. The number of fused-ring (bicyclic) bond motifs is 1. The van der Waals surface area contributed by atoms with Crippen LogP contribution in [0.25, 0.3) is 17.0 Å². The van der Waals surface area contributed by atoms with Gasteiger partial charge in [0.05, 0.1) is 11.5 Å². The summed E-state index contributed by atoms with van der Waals surface area (Å²) in [6, 6.07) is 7.43. The van der Waals surface area contributed by atoms with Crippen LogP contribution < -0.4 is 0 Å². The summed E-state index contributed by atoms with van der Waals surface area (Å²) in [6.07, 6.45) is 3.34. The smallest absolute Gasteiger partial charge is 0.326 e. The zero-order valence-electron chi connectivity index (χ0n) is 17.8. The molecule has 1 aliphatic heterocycles. The highest BCUT2D eigenvalue weighted by molar-refractivity contribution is 8.18. The fourth-order valence-corrected chi connectivity index (χ4v) is 3.98. The Morgan fingerprint density at radius 1 is 1.10 bits per heavy atom. The molecule has 0 unspecified atom stereocenters. The van der Waals surface area contributed by atoms with Crippen LogP contribution >= 0.6 is 11.8 Å². The molecule has 0 saturated carbocycles. The van der Waals surface area contributed by atoms with E-state index < -0.39 is 29.3 Å². The highest BCUT2D eigenvalue weighted by atomic mass is 32.2. The Morgan fingerprint density at radius 2 is 1.81 bits per heavy atom. The molecular weight excluding hydrogens is 420 g/mol. The first-order chi connectivity index (χ1) is 14.6. The quantitative estimate of drug-likeness (QED) is 0.496. The van der Waals surface area contributed by atoms with Gasteiger partial charge < -0.3 is 14.0 Å². The second-order valence-electron chi connectivity index (χ2n) is 7.89. The van der Waals surface area contributed by atoms with E-state index in [-0.39, 0.29) is 24.0 Å². The van der Waals surface area contributed by atoms with Crippen LogP contribution in [0.5, 0.6) is 0 Å². The van der Waals surface area contributed by atoms with E-state index in [0.717, 1.165) is 27.6 Å². The third kappa shape index (κ3) is 5.35. The number of esters is 2. The molecule has 3 rings (SSSR count).